The summed E-state index contributed by atoms with van der Waals surface area (Å²) in [4.78, 5) is 13.7. The van der Waals surface area contributed by atoms with Crippen molar-refractivity contribution in [3.63, 3.8) is 0 Å². The van der Waals surface area contributed by atoms with Crippen molar-refractivity contribution in [2.24, 2.45) is 10.9 Å². The number of guanidine groups is 1. The number of likely N-dealkylation sites (N-methyl/N-ethyl adjacent to an activating group) is 1. The highest BCUT2D eigenvalue weighted by Gasteiger charge is 2.15. The van der Waals surface area contributed by atoms with Crippen molar-refractivity contribution in [2.45, 2.75) is 51.5 Å². The maximum Gasteiger partial charge on any atom is 0.191 e. The Labute approximate surface area is 170 Å². The fraction of sp³-hybridized carbons (Fsp3) is 0.727. The molecule has 2 aliphatic rings. The lowest BCUT2D eigenvalue weighted by atomic mass is 9.86. The van der Waals surface area contributed by atoms with E-state index in [2.05, 4.69) is 49.6 Å². The van der Waals surface area contributed by atoms with E-state index >= 15 is 0 Å². The van der Waals surface area contributed by atoms with Crippen molar-refractivity contribution in [1.82, 2.24) is 20.5 Å². The van der Waals surface area contributed by atoms with Crippen LogP contribution in [0.1, 0.15) is 50.5 Å². The number of aliphatic imine (C=N–C) groups is 1. The lowest BCUT2D eigenvalue weighted by Crippen LogP contribution is -2.44. The standard InChI is InChI=1S/C22H38N6/c1-23-22(25-11-6-9-19-7-4-3-5-8-19)26-18-20-10-12-24-21(17-20)28-15-13-27(2)14-16-28/h10,12,17,19H,3-9,11,13-16,18H2,1-2H3,(H2,23,25,26). The van der Waals surface area contributed by atoms with Crippen LogP contribution in [0.3, 0.4) is 0 Å². The molecule has 0 radical (unpaired) electrons. The largest absolute Gasteiger partial charge is 0.356 e. The van der Waals surface area contributed by atoms with Gasteiger partial charge in [0.1, 0.15) is 5.82 Å². The molecule has 28 heavy (non-hydrogen) atoms. The highest BCUT2D eigenvalue weighted by atomic mass is 15.3. The van der Waals surface area contributed by atoms with Gasteiger partial charge in [-0.25, -0.2) is 4.98 Å². The first-order chi connectivity index (χ1) is 13.7. The molecular weight excluding hydrogens is 348 g/mol. The number of hydrogen-bond donors (Lipinski definition) is 2. The Morgan fingerprint density at radius 2 is 1.93 bits per heavy atom. The monoisotopic (exact) mass is 386 g/mol. The molecule has 1 aliphatic heterocycles. The molecular formula is C22H38N6. The molecule has 1 aromatic rings. The van der Waals surface area contributed by atoms with E-state index in [0.29, 0.717) is 0 Å². The third kappa shape index (κ3) is 6.66. The average molecular weight is 387 g/mol. The molecule has 2 N–H and O–H groups in total. The van der Waals surface area contributed by atoms with Crippen LogP contribution in [0.4, 0.5) is 5.82 Å². The third-order valence-electron chi connectivity index (χ3n) is 6.13. The van der Waals surface area contributed by atoms with Crippen LogP contribution in [0, 0.1) is 5.92 Å². The first-order valence-corrected chi connectivity index (χ1v) is 11.1. The van der Waals surface area contributed by atoms with Gasteiger partial charge in [0.25, 0.3) is 0 Å². The van der Waals surface area contributed by atoms with Gasteiger partial charge in [-0.05, 0) is 43.5 Å². The number of anilines is 1. The molecule has 0 spiro atoms. The molecule has 2 heterocycles. The lowest BCUT2D eigenvalue weighted by molar-refractivity contribution is 0.312. The van der Waals surface area contributed by atoms with E-state index in [-0.39, 0.29) is 0 Å². The zero-order valence-electron chi connectivity index (χ0n) is 17.8. The van der Waals surface area contributed by atoms with E-state index in [1.54, 1.807) is 0 Å². The zero-order chi connectivity index (χ0) is 19.6. The van der Waals surface area contributed by atoms with E-state index in [1.807, 2.05) is 13.2 Å². The molecule has 1 aliphatic carbocycles. The van der Waals surface area contributed by atoms with Crippen LogP contribution in [0.5, 0.6) is 0 Å². The molecule has 0 amide bonds. The molecule has 156 valence electrons. The van der Waals surface area contributed by atoms with Crippen LogP contribution in [-0.4, -0.2) is 62.7 Å². The summed E-state index contributed by atoms with van der Waals surface area (Å²) in [6.07, 6.45) is 11.7. The summed E-state index contributed by atoms with van der Waals surface area (Å²) in [6, 6.07) is 4.29. The van der Waals surface area contributed by atoms with E-state index in [9.17, 15) is 0 Å². The molecule has 1 saturated carbocycles. The Morgan fingerprint density at radius 3 is 2.68 bits per heavy atom. The second kappa shape index (κ2) is 11.2. The average Bonchev–Trinajstić information content (AvgIpc) is 2.75. The van der Waals surface area contributed by atoms with E-state index in [0.717, 1.165) is 57.0 Å². The van der Waals surface area contributed by atoms with Crippen LogP contribution in [0.15, 0.2) is 23.3 Å². The van der Waals surface area contributed by atoms with E-state index in [1.165, 1.54) is 50.5 Å². The summed E-state index contributed by atoms with van der Waals surface area (Å²) >= 11 is 0. The predicted molar refractivity (Wildman–Crippen MR) is 118 cm³/mol. The lowest BCUT2D eigenvalue weighted by Gasteiger charge is -2.33. The molecule has 0 bridgehead atoms. The maximum atomic E-state index is 4.57. The van der Waals surface area contributed by atoms with Gasteiger partial charge < -0.3 is 20.4 Å². The predicted octanol–water partition coefficient (Wildman–Crippen LogP) is 2.86. The van der Waals surface area contributed by atoms with Crippen molar-refractivity contribution in [3.05, 3.63) is 23.9 Å². The van der Waals surface area contributed by atoms with Gasteiger partial charge >= 0.3 is 0 Å². The van der Waals surface area contributed by atoms with Gasteiger partial charge in [0, 0.05) is 52.5 Å². The summed E-state index contributed by atoms with van der Waals surface area (Å²) < 4.78 is 0. The van der Waals surface area contributed by atoms with E-state index < -0.39 is 0 Å². The third-order valence-corrected chi connectivity index (χ3v) is 6.13. The van der Waals surface area contributed by atoms with Gasteiger partial charge in [-0.2, -0.15) is 0 Å². The van der Waals surface area contributed by atoms with Crippen LogP contribution in [0.2, 0.25) is 0 Å². The first kappa shape index (κ1) is 20.9. The number of nitrogens with zero attached hydrogens (tertiary/aromatic N) is 4. The van der Waals surface area contributed by atoms with Gasteiger partial charge in [0.2, 0.25) is 0 Å². The molecule has 1 aromatic heterocycles. The quantitative estimate of drug-likeness (QED) is 0.429. The van der Waals surface area contributed by atoms with Crippen molar-refractivity contribution in [2.75, 3.05) is 51.7 Å². The smallest absolute Gasteiger partial charge is 0.191 e. The number of piperazine rings is 1. The number of pyridine rings is 1. The summed E-state index contributed by atoms with van der Waals surface area (Å²) in [5.74, 6) is 2.93. The van der Waals surface area contributed by atoms with Crippen molar-refractivity contribution < 1.29 is 0 Å². The number of hydrogen-bond acceptors (Lipinski definition) is 4. The molecule has 3 rings (SSSR count). The second-order valence-electron chi connectivity index (χ2n) is 8.31. The Morgan fingerprint density at radius 1 is 1.14 bits per heavy atom. The molecule has 6 heteroatoms. The van der Waals surface area contributed by atoms with Crippen LogP contribution in [-0.2, 0) is 6.54 Å². The first-order valence-electron chi connectivity index (χ1n) is 11.1. The maximum absolute atomic E-state index is 4.57. The van der Waals surface area contributed by atoms with Gasteiger partial charge in [-0.3, -0.25) is 4.99 Å². The molecule has 1 saturated heterocycles. The van der Waals surface area contributed by atoms with Crippen molar-refractivity contribution in [3.8, 4) is 0 Å². The fourth-order valence-electron chi connectivity index (χ4n) is 4.26. The minimum absolute atomic E-state index is 0.769. The fourth-order valence-corrected chi connectivity index (χ4v) is 4.26. The molecule has 2 fully saturated rings. The van der Waals surface area contributed by atoms with Gasteiger partial charge in [-0.1, -0.05) is 32.1 Å². The van der Waals surface area contributed by atoms with E-state index in [4.69, 9.17) is 0 Å². The summed E-state index contributed by atoms with van der Waals surface area (Å²) in [5.41, 5.74) is 1.24. The minimum Gasteiger partial charge on any atom is -0.356 e. The Bertz CT molecular complexity index is 603. The Hall–Kier alpha value is -1.82. The summed E-state index contributed by atoms with van der Waals surface area (Å²) in [5, 5.41) is 6.92. The van der Waals surface area contributed by atoms with Crippen LogP contribution < -0.4 is 15.5 Å². The Balaban J connectivity index is 1.39. The summed E-state index contributed by atoms with van der Waals surface area (Å²) in [7, 11) is 4.03. The molecule has 6 nitrogen and oxygen atoms in total. The van der Waals surface area contributed by atoms with Crippen molar-refractivity contribution in [1.29, 1.82) is 0 Å². The minimum atomic E-state index is 0.769. The topological polar surface area (TPSA) is 55.8 Å². The van der Waals surface area contributed by atoms with Gasteiger partial charge in [0.15, 0.2) is 5.96 Å². The molecule has 0 atom stereocenters. The Kier molecular flexibility index (Phi) is 8.40. The highest BCUT2D eigenvalue weighted by molar-refractivity contribution is 5.79. The van der Waals surface area contributed by atoms with Crippen LogP contribution >= 0.6 is 0 Å². The number of nitrogens with one attached hydrogen (secondary N) is 2. The molecule has 0 unspecified atom stereocenters. The molecule has 0 aromatic carbocycles. The highest BCUT2D eigenvalue weighted by Crippen LogP contribution is 2.26. The number of rotatable bonds is 7. The second-order valence-corrected chi connectivity index (χ2v) is 8.31. The van der Waals surface area contributed by atoms with Gasteiger partial charge in [0.05, 0.1) is 0 Å². The SMILES string of the molecule is CN=C(NCCCC1CCCCC1)NCc1ccnc(N2CCN(C)CC2)c1. The normalized spacial score (nSPS) is 19.6. The van der Waals surface area contributed by atoms with Crippen LogP contribution in [0.25, 0.3) is 0 Å². The zero-order valence-corrected chi connectivity index (χ0v) is 17.8. The summed E-state index contributed by atoms with van der Waals surface area (Å²) in [6.45, 7) is 6.06. The number of aromatic nitrogens is 1. The van der Waals surface area contributed by atoms with Gasteiger partial charge in [-0.15, -0.1) is 0 Å². The van der Waals surface area contributed by atoms with Crippen molar-refractivity contribution >= 4 is 11.8 Å².